The van der Waals surface area contributed by atoms with Gasteiger partial charge in [-0.1, -0.05) is 94.2 Å². The van der Waals surface area contributed by atoms with Crippen LogP contribution in [0.25, 0.3) is 0 Å². The number of piperidine rings is 1. The molecule has 11 atom stereocenters. The third-order valence-electron chi connectivity index (χ3n) is 16.3. The van der Waals surface area contributed by atoms with Crippen LogP contribution in [0.2, 0.25) is 0 Å². The van der Waals surface area contributed by atoms with Gasteiger partial charge in [0.1, 0.15) is 54.1 Å². The second-order valence-corrected chi connectivity index (χ2v) is 23.5. The Hall–Kier alpha value is -6.81. The van der Waals surface area contributed by atoms with Crippen molar-refractivity contribution in [1.82, 2.24) is 50.2 Å². The van der Waals surface area contributed by atoms with Crippen molar-refractivity contribution in [2.24, 2.45) is 29.6 Å². The summed E-state index contributed by atoms with van der Waals surface area (Å²) in [6.45, 7) is 18.3. The lowest BCUT2D eigenvalue weighted by Crippen LogP contribution is -2.63. The van der Waals surface area contributed by atoms with E-state index in [1.807, 2.05) is 13.8 Å². The van der Waals surface area contributed by atoms with Crippen LogP contribution < -0.4 is 20.7 Å². The van der Waals surface area contributed by atoms with Crippen LogP contribution in [-0.2, 0) is 63.9 Å². The van der Waals surface area contributed by atoms with Crippen molar-refractivity contribution in [1.29, 1.82) is 0 Å². The number of likely N-dealkylation sites (N-methyl/N-ethyl adjacent to an activating group) is 5. The van der Waals surface area contributed by atoms with Gasteiger partial charge in [-0.25, -0.2) is 4.79 Å². The molecule has 460 valence electrons. The zero-order chi connectivity index (χ0) is 62.4. The number of fused-ring (bicyclic) bond motifs is 1. The standard InChI is InChI=1S/C59H96N10O13/c1-20-36(9)49-51(72)60-32-45(71)65(15)47(34(5)6)52(73)61-41(30-39-25-27-40(81-19)28-26-39)59(80)82-38(11)54(75)69-29-23-22-24-42(69)55(76)66(16)48(35(7)8)53(74)62-46(33(3)4)57(78)64(14)43(31-44(70)63(12)13)56(77)68(18)50(37(10)21-2)58(79)67(49)17/h25-28,33-38,41-43,46-50H,20-24,29-32H2,1-19H3,(H,60,72)(H,61,73)(H,62,74)/t36-,37-,38+,41-,42-,43-,46-,47-,48-,49-,50-/m0/s1. The van der Waals surface area contributed by atoms with Crippen molar-refractivity contribution in [2.45, 2.75) is 176 Å². The minimum Gasteiger partial charge on any atom is -0.497 e. The molecule has 10 amide bonds. The van der Waals surface area contributed by atoms with Gasteiger partial charge in [0.15, 0.2) is 6.10 Å². The molecule has 2 aliphatic rings. The van der Waals surface area contributed by atoms with Crippen LogP contribution in [0.3, 0.4) is 0 Å². The molecule has 2 heterocycles. The summed E-state index contributed by atoms with van der Waals surface area (Å²) in [5.41, 5.74) is 0.589. The number of carbonyl (C=O) groups is 11. The molecule has 1 aromatic rings. The average molecular weight is 1150 g/mol. The van der Waals surface area contributed by atoms with Crippen molar-refractivity contribution in [3.63, 3.8) is 0 Å². The Labute approximate surface area is 486 Å². The molecule has 0 spiro atoms. The summed E-state index contributed by atoms with van der Waals surface area (Å²) in [6.07, 6.45) is 0.0158. The molecule has 0 bridgehead atoms. The number of hydrogen-bond donors (Lipinski definition) is 3. The van der Waals surface area contributed by atoms with Crippen LogP contribution in [0.15, 0.2) is 24.3 Å². The van der Waals surface area contributed by atoms with Gasteiger partial charge in [-0.15, -0.1) is 0 Å². The lowest BCUT2D eigenvalue weighted by Gasteiger charge is -2.41. The second kappa shape index (κ2) is 31.0. The summed E-state index contributed by atoms with van der Waals surface area (Å²) in [5.74, 6) is -9.84. The zero-order valence-corrected chi connectivity index (χ0v) is 52.2. The van der Waals surface area contributed by atoms with Crippen LogP contribution >= 0.6 is 0 Å². The van der Waals surface area contributed by atoms with E-state index in [1.54, 1.807) is 79.7 Å². The van der Waals surface area contributed by atoms with Gasteiger partial charge in [-0.3, -0.25) is 47.9 Å². The number of nitrogens with zero attached hydrogens (tertiary/aromatic N) is 7. The van der Waals surface area contributed by atoms with E-state index in [0.717, 1.165) is 9.80 Å². The van der Waals surface area contributed by atoms with E-state index >= 15 is 9.59 Å². The first kappa shape index (κ1) is 69.5. The van der Waals surface area contributed by atoms with Crippen molar-refractivity contribution in [2.75, 3.05) is 69.5 Å². The van der Waals surface area contributed by atoms with E-state index in [-0.39, 0.29) is 19.4 Å². The predicted octanol–water partition coefficient (Wildman–Crippen LogP) is 2.32. The first-order valence-corrected chi connectivity index (χ1v) is 28.8. The van der Waals surface area contributed by atoms with Crippen LogP contribution in [-0.4, -0.2) is 223 Å². The summed E-state index contributed by atoms with van der Waals surface area (Å²) in [4.78, 5) is 169. The number of nitrogens with one attached hydrogen (secondary N) is 3. The quantitative estimate of drug-likeness (QED) is 0.254. The summed E-state index contributed by atoms with van der Waals surface area (Å²) >= 11 is 0. The minimum atomic E-state index is -1.50. The Morgan fingerprint density at radius 2 is 1.16 bits per heavy atom. The van der Waals surface area contributed by atoms with Crippen molar-refractivity contribution >= 4 is 65.0 Å². The summed E-state index contributed by atoms with van der Waals surface area (Å²) in [7, 11) is 11.5. The molecule has 2 saturated heterocycles. The molecule has 1 aromatic carbocycles. The largest absolute Gasteiger partial charge is 0.497 e. The number of esters is 1. The summed E-state index contributed by atoms with van der Waals surface area (Å²) < 4.78 is 11.2. The molecule has 0 aromatic heterocycles. The van der Waals surface area contributed by atoms with E-state index in [4.69, 9.17) is 9.47 Å². The fourth-order valence-electron chi connectivity index (χ4n) is 10.8. The van der Waals surface area contributed by atoms with Gasteiger partial charge in [0.2, 0.25) is 53.2 Å². The molecule has 82 heavy (non-hydrogen) atoms. The normalized spacial score (nSPS) is 26.3. The highest BCUT2D eigenvalue weighted by Crippen LogP contribution is 2.27. The molecule has 3 N–H and O–H groups in total. The zero-order valence-electron chi connectivity index (χ0n) is 52.2. The minimum absolute atomic E-state index is 0.108. The van der Waals surface area contributed by atoms with Gasteiger partial charge in [-0.05, 0) is 73.5 Å². The number of rotatable bonds is 12. The van der Waals surface area contributed by atoms with E-state index in [1.165, 1.54) is 87.9 Å². The molecule has 2 fully saturated rings. The summed E-state index contributed by atoms with van der Waals surface area (Å²) in [5, 5.41) is 8.30. The van der Waals surface area contributed by atoms with E-state index in [0.29, 0.717) is 37.0 Å². The van der Waals surface area contributed by atoms with Crippen molar-refractivity contribution in [3.05, 3.63) is 29.8 Å². The molecular weight excluding hydrogens is 1060 g/mol. The van der Waals surface area contributed by atoms with Crippen LogP contribution in [0.4, 0.5) is 0 Å². The fourth-order valence-corrected chi connectivity index (χ4v) is 10.8. The Kier molecular flexibility index (Phi) is 26.3. The fraction of sp³-hybridized carbons (Fsp3) is 0.712. The number of carbonyl (C=O) groups excluding carboxylic acids is 11. The summed E-state index contributed by atoms with van der Waals surface area (Å²) in [6, 6.07) is -3.33. The molecule has 23 heteroatoms. The Morgan fingerprint density at radius 3 is 1.68 bits per heavy atom. The number of amides is 10. The third kappa shape index (κ3) is 17.1. The second-order valence-electron chi connectivity index (χ2n) is 23.5. The maximum absolute atomic E-state index is 15.1. The van der Waals surface area contributed by atoms with Gasteiger partial charge in [-0.2, -0.15) is 0 Å². The third-order valence-corrected chi connectivity index (χ3v) is 16.3. The lowest BCUT2D eigenvalue weighted by atomic mass is 9.92. The smallest absolute Gasteiger partial charge is 0.329 e. The van der Waals surface area contributed by atoms with Gasteiger partial charge in [0.25, 0.3) is 5.91 Å². The number of hydrogen-bond acceptors (Lipinski definition) is 13. The van der Waals surface area contributed by atoms with E-state index < -0.39 is 162 Å². The molecule has 0 radical (unpaired) electrons. The highest BCUT2D eigenvalue weighted by molar-refractivity contribution is 5.99. The van der Waals surface area contributed by atoms with Gasteiger partial charge in [0.05, 0.1) is 20.1 Å². The highest BCUT2D eigenvalue weighted by atomic mass is 16.5. The molecule has 2 aliphatic heterocycles. The average Bonchev–Trinajstić information content (AvgIpc) is 3.43. The maximum atomic E-state index is 15.1. The van der Waals surface area contributed by atoms with Crippen molar-refractivity contribution < 1.29 is 62.2 Å². The predicted molar refractivity (Wildman–Crippen MR) is 308 cm³/mol. The van der Waals surface area contributed by atoms with Crippen molar-refractivity contribution in [3.8, 4) is 5.75 Å². The SMILES string of the molecule is CC[C@H](C)[C@H]1C(=O)NCC(=O)N(C)[C@@H](C(C)C)C(=O)N[C@@H](Cc2ccc(OC)cc2)C(=O)O[C@H](C)C(=O)N2CCCC[C@H]2C(=O)N(C)[C@@H](C(C)C)C(=O)N[C@@H](C(C)C)C(=O)N(C)[C@@H](CC(=O)N(C)C)C(=O)N(C)[C@@H]([C@@H](C)CC)C(=O)N1C. The Morgan fingerprint density at radius 1 is 0.634 bits per heavy atom. The lowest BCUT2D eigenvalue weighted by molar-refractivity contribution is -0.165. The Balaban J connectivity index is 2.30. The number of cyclic esters (lactones) is 1. The van der Waals surface area contributed by atoms with Crippen LogP contribution in [0.1, 0.15) is 120 Å². The first-order chi connectivity index (χ1) is 38.3. The van der Waals surface area contributed by atoms with E-state index in [2.05, 4.69) is 16.0 Å². The number of methoxy groups -OCH3 is 1. The molecule has 0 aliphatic carbocycles. The maximum Gasteiger partial charge on any atom is 0.329 e. The first-order valence-electron chi connectivity index (χ1n) is 28.8. The van der Waals surface area contributed by atoms with Gasteiger partial charge in [0, 0.05) is 62.3 Å². The monoisotopic (exact) mass is 1150 g/mol. The number of ether oxygens (including phenoxy) is 2. The molecule has 23 nitrogen and oxygen atoms in total. The highest BCUT2D eigenvalue weighted by Gasteiger charge is 2.46. The topological polar surface area (TPSA) is 265 Å². The van der Waals surface area contributed by atoms with Gasteiger partial charge >= 0.3 is 5.97 Å². The Bertz CT molecular complexity index is 2430. The molecule has 3 rings (SSSR count). The van der Waals surface area contributed by atoms with Gasteiger partial charge < -0.3 is 59.7 Å². The molecule has 0 saturated carbocycles. The van der Waals surface area contributed by atoms with E-state index in [9.17, 15) is 43.2 Å². The molecule has 0 unspecified atom stereocenters. The molecular formula is C59H96N10O13. The number of benzene rings is 1. The van der Waals surface area contributed by atoms with Crippen LogP contribution in [0, 0.1) is 29.6 Å². The van der Waals surface area contributed by atoms with Crippen LogP contribution in [0.5, 0.6) is 5.75 Å².